The molecule has 4 N–H and O–H groups in total. The van der Waals surface area contributed by atoms with Gasteiger partial charge in [0.05, 0.1) is 22.8 Å². The third-order valence-electron chi connectivity index (χ3n) is 4.37. The van der Waals surface area contributed by atoms with Crippen LogP contribution in [0, 0.1) is 6.92 Å². The zero-order valence-corrected chi connectivity index (χ0v) is 15.4. The van der Waals surface area contributed by atoms with Crippen LogP contribution in [0.2, 0.25) is 0 Å². The monoisotopic (exact) mass is 377 g/mol. The molecule has 3 heterocycles. The summed E-state index contributed by atoms with van der Waals surface area (Å²) >= 11 is 0. The van der Waals surface area contributed by atoms with Gasteiger partial charge in [-0.3, -0.25) is 14.6 Å². The molecule has 0 spiro atoms. The second kappa shape index (κ2) is 7.03. The normalized spacial score (nSPS) is 12.1. The van der Waals surface area contributed by atoms with Crippen molar-refractivity contribution in [1.29, 1.82) is 0 Å². The molecular weight excluding hydrogens is 358 g/mol. The lowest BCUT2D eigenvalue weighted by Crippen LogP contribution is -2.48. The van der Waals surface area contributed by atoms with Crippen molar-refractivity contribution in [3.05, 3.63) is 65.9 Å². The van der Waals surface area contributed by atoms with Crippen LogP contribution < -0.4 is 16.2 Å². The van der Waals surface area contributed by atoms with E-state index in [1.807, 2.05) is 30.3 Å². The van der Waals surface area contributed by atoms with E-state index in [1.165, 1.54) is 0 Å². The molecule has 9 heteroatoms. The van der Waals surface area contributed by atoms with Crippen LogP contribution in [0.1, 0.15) is 35.0 Å². The predicted molar refractivity (Wildman–Crippen MR) is 104 cm³/mol. The van der Waals surface area contributed by atoms with Crippen molar-refractivity contribution in [1.82, 2.24) is 35.5 Å². The van der Waals surface area contributed by atoms with Crippen molar-refractivity contribution in [3.8, 4) is 0 Å². The van der Waals surface area contributed by atoms with Gasteiger partial charge < -0.3 is 10.3 Å². The van der Waals surface area contributed by atoms with E-state index in [2.05, 4.69) is 31.1 Å². The van der Waals surface area contributed by atoms with E-state index < -0.39 is 11.9 Å². The number of hydrogen-bond acceptors (Lipinski definition) is 4. The Kier molecular flexibility index (Phi) is 4.40. The molecule has 1 atom stereocenters. The molecule has 4 aromatic rings. The number of fused-ring (bicyclic) bond motifs is 2. The molecule has 0 fully saturated rings. The molecule has 4 rings (SSSR count). The number of aromatic amines is 1. The van der Waals surface area contributed by atoms with Gasteiger partial charge in [-0.25, -0.2) is 20.2 Å². The van der Waals surface area contributed by atoms with E-state index in [0.29, 0.717) is 22.9 Å². The number of benzene rings is 1. The number of amides is 3. The van der Waals surface area contributed by atoms with Crippen LogP contribution >= 0.6 is 0 Å². The number of hydrazine groups is 1. The third kappa shape index (κ3) is 3.25. The topological polar surface area (TPSA) is 116 Å². The first kappa shape index (κ1) is 17.5. The first-order valence-electron chi connectivity index (χ1n) is 8.78. The van der Waals surface area contributed by atoms with Gasteiger partial charge >= 0.3 is 6.03 Å². The molecule has 0 aliphatic heterocycles. The summed E-state index contributed by atoms with van der Waals surface area (Å²) < 4.78 is 1.67. The lowest BCUT2D eigenvalue weighted by Gasteiger charge is -2.13. The molecule has 0 radical (unpaired) electrons. The highest BCUT2D eigenvalue weighted by molar-refractivity contribution is 5.95. The maximum atomic E-state index is 12.5. The molecule has 3 aromatic heterocycles. The van der Waals surface area contributed by atoms with Crippen LogP contribution in [0.3, 0.4) is 0 Å². The summed E-state index contributed by atoms with van der Waals surface area (Å²) in [5.41, 5.74) is 8.08. The number of urea groups is 1. The van der Waals surface area contributed by atoms with Crippen molar-refractivity contribution in [2.75, 3.05) is 0 Å². The van der Waals surface area contributed by atoms with Gasteiger partial charge in [0.25, 0.3) is 5.91 Å². The van der Waals surface area contributed by atoms with Crippen molar-refractivity contribution < 1.29 is 9.59 Å². The number of imidazole rings is 2. The summed E-state index contributed by atoms with van der Waals surface area (Å²) in [4.78, 5) is 36.6. The molecule has 1 aromatic carbocycles. The Morgan fingerprint density at radius 1 is 1.07 bits per heavy atom. The molecule has 28 heavy (non-hydrogen) atoms. The zero-order chi connectivity index (χ0) is 19.7. The van der Waals surface area contributed by atoms with Crippen molar-refractivity contribution in [3.63, 3.8) is 0 Å². The SMILES string of the molecule is Cc1nc2ccccn2c1C(=O)NNC(=O)NC(C)c1nc2ccccc2[nH]1. The maximum Gasteiger partial charge on any atom is 0.334 e. The Morgan fingerprint density at radius 2 is 1.86 bits per heavy atom. The minimum absolute atomic E-state index is 0.362. The Labute approximate surface area is 160 Å². The van der Waals surface area contributed by atoms with E-state index in [1.54, 1.807) is 36.6 Å². The summed E-state index contributed by atoms with van der Waals surface area (Å²) in [5, 5.41) is 2.73. The Hall–Kier alpha value is -3.88. The smallest absolute Gasteiger partial charge is 0.334 e. The Balaban J connectivity index is 1.39. The van der Waals surface area contributed by atoms with E-state index in [0.717, 1.165) is 11.0 Å². The number of rotatable bonds is 3. The number of aryl methyl sites for hydroxylation is 1. The lowest BCUT2D eigenvalue weighted by atomic mass is 10.3. The lowest BCUT2D eigenvalue weighted by molar-refractivity contribution is 0.0929. The molecule has 3 amide bonds. The Bertz CT molecular complexity index is 1140. The third-order valence-corrected chi connectivity index (χ3v) is 4.37. The van der Waals surface area contributed by atoms with Gasteiger partial charge in [0.15, 0.2) is 0 Å². The van der Waals surface area contributed by atoms with Crippen molar-refractivity contribution in [2.45, 2.75) is 19.9 Å². The van der Waals surface area contributed by atoms with E-state index >= 15 is 0 Å². The van der Waals surface area contributed by atoms with Gasteiger partial charge in [-0.15, -0.1) is 0 Å². The largest absolute Gasteiger partial charge is 0.340 e. The number of nitrogens with one attached hydrogen (secondary N) is 4. The van der Waals surface area contributed by atoms with Gasteiger partial charge in [-0.05, 0) is 38.1 Å². The number of carbonyl (C=O) groups excluding carboxylic acids is 2. The van der Waals surface area contributed by atoms with Gasteiger partial charge in [0, 0.05) is 6.20 Å². The summed E-state index contributed by atoms with van der Waals surface area (Å²) in [6, 6.07) is 12.1. The number of H-pyrrole nitrogens is 1. The first-order chi connectivity index (χ1) is 13.5. The van der Waals surface area contributed by atoms with Crippen LogP contribution in [0.25, 0.3) is 16.7 Å². The number of para-hydroxylation sites is 2. The first-order valence-corrected chi connectivity index (χ1v) is 8.78. The second-order valence-corrected chi connectivity index (χ2v) is 6.39. The highest BCUT2D eigenvalue weighted by Gasteiger charge is 2.18. The average Bonchev–Trinajstić information content (AvgIpc) is 3.26. The van der Waals surface area contributed by atoms with Crippen LogP contribution in [0.5, 0.6) is 0 Å². The van der Waals surface area contributed by atoms with Crippen LogP contribution in [-0.2, 0) is 0 Å². The standard InChI is InChI=1S/C19H19N7O2/c1-11-16(26-10-6-5-9-15(26)20-11)18(27)24-25-19(28)21-12(2)17-22-13-7-3-4-8-14(13)23-17/h3-10,12H,1-2H3,(H,22,23)(H,24,27)(H2,21,25,28). The van der Waals surface area contributed by atoms with Crippen molar-refractivity contribution >= 4 is 28.6 Å². The van der Waals surface area contributed by atoms with E-state index in [9.17, 15) is 9.59 Å². The zero-order valence-electron chi connectivity index (χ0n) is 15.4. The summed E-state index contributed by atoms with van der Waals surface area (Å²) in [7, 11) is 0. The van der Waals surface area contributed by atoms with Crippen LogP contribution in [0.4, 0.5) is 4.79 Å². The second-order valence-electron chi connectivity index (χ2n) is 6.39. The van der Waals surface area contributed by atoms with Crippen LogP contribution in [-0.4, -0.2) is 31.3 Å². The highest BCUT2D eigenvalue weighted by Crippen LogP contribution is 2.15. The molecule has 0 saturated heterocycles. The number of carbonyl (C=O) groups is 2. The number of aromatic nitrogens is 4. The minimum atomic E-state index is -0.548. The quantitative estimate of drug-likeness (QED) is 0.410. The average molecular weight is 377 g/mol. The maximum absolute atomic E-state index is 12.5. The molecular formula is C19H19N7O2. The highest BCUT2D eigenvalue weighted by atomic mass is 16.2. The summed E-state index contributed by atoms with van der Waals surface area (Å²) in [5.74, 6) is 0.169. The van der Waals surface area contributed by atoms with Gasteiger partial charge in [0.1, 0.15) is 17.2 Å². The van der Waals surface area contributed by atoms with Gasteiger partial charge in [-0.1, -0.05) is 18.2 Å². The molecule has 9 nitrogen and oxygen atoms in total. The van der Waals surface area contributed by atoms with E-state index in [4.69, 9.17) is 0 Å². The Morgan fingerprint density at radius 3 is 2.68 bits per heavy atom. The fourth-order valence-electron chi connectivity index (χ4n) is 3.04. The summed E-state index contributed by atoms with van der Waals surface area (Å²) in [6.07, 6.45) is 1.74. The molecule has 0 aliphatic rings. The van der Waals surface area contributed by atoms with Gasteiger partial charge in [0.2, 0.25) is 0 Å². The summed E-state index contributed by atoms with van der Waals surface area (Å²) in [6.45, 7) is 3.54. The number of hydrogen-bond donors (Lipinski definition) is 4. The van der Waals surface area contributed by atoms with Gasteiger partial charge in [-0.2, -0.15) is 0 Å². The molecule has 0 saturated carbocycles. The predicted octanol–water partition coefficient (Wildman–Crippen LogP) is 2.22. The minimum Gasteiger partial charge on any atom is -0.340 e. The number of pyridine rings is 1. The van der Waals surface area contributed by atoms with E-state index in [-0.39, 0.29) is 6.04 Å². The molecule has 142 valence electrons. The fraction of sp³-hybridized carbons (Fsp3) is 0.158. The molecule has 0 aliphatic carbocycles. The molecule has 1 unspecified atom stereocenters. The number of nitrogens with zero attached hydrogens (tertiary/aromatic N) is 3. The fourth-order valence-corrected chi connectivity index (χ4v) is 3.04. The molecule has 0 bridgehead atoms. The van der Waals surface area contributed by atoms with Crippen LogP contribution in [0.15, 0.2) is 48.7 Å². The van der Waals surface area contributed by atoms with Crippen molar-refractivity contribution in [2.24, 2.45) is 0 Å².